The number of hydrogen-bond acceptors (Lipinski definition) is 2. The molecule has 0 N–H and O–H groups in total. The van der Waals surface area contributed by atoms with Crippen molar-refractivity contribution in [2.24, 2.45) is 11.8 Å². The maximum absolute atomic E-state index is 10.6. The molecule has 2 heteroatoms. The minimum Gasteiger partial charge on any atom is -0.299 e. The quantitative estimate of drug-likeness (QED) is 0.597. The Morgan fingerprint density at radius 1 is 0.857 bits per heavy atom. The van der Waals surface area contributed by atoms with Gasteiger partial charge in [0.2, 0.25) is 0 Å². The first-order valence-electron chi connectivity index (χ1n) is 5.66. The van der Waals surface area contributed by atoms with E-state index in [4.69, 9.17) is 0 Å². The third kappa shape index (κ3) is 3.24. The first kappa shape index (κ1) is 11.4. The molecule has 0 radical (unpaired) electrons. The summed E-state index contributed by atoms with van der Waals surface area (Å²) in [5.41, 5.74) is 0. The maximum Gasteiger partial charge on any atom is 0.135 e. The lowest BCUT2D eigenvalue weighted by Gasteiger charge is -1.91. The van der Waals surface area contributed by atoms with Crippen LogP contribution in [0.4, 0.5) is 0 Å². The Morgan fingerprint density at radius 2 is 1.21 bits per heavy atom. The van der Waals surface area contributed by atoms with Crippen LogP contribution in [0.25, 0.3) is 0 Å². The van der Waals surface area contributed by atoms with Crippen molar-refractivity contribution in [3.8, 4) is 0 Å². The van der Waals surface area contributed by atoms with Gasteiger partial charge in [-0.3, -0.25) is 9.59 Å². The van der Waals surface area contributed by atoms with Crippen LogP contribution in [0.15, 0.2) is 0 Å². The monoisotopic (exact) mass is 196 g/mol. The van der Waals surface area contributed by atoms with Gasteiger partial charge in [-0.05, 0) is 25.7 Å². The summed E-state index contributed by atoms with van der Waals surface area (Å²) in [6.07, 6.45) is 6.17. The Morgan fingerprint density at radius 3 is 1.29 bits per heavy atom. The van der Waals surface area contributed by atoms with Crippen molar-refractivity contribution < 1.29 is 9.59 Å². The van der Waals surface area contributed by atoms with Gasteiger partial charge in [0, 0.05) is 24.7 Å². The molecule has 0 aliphatic heterocycles. The number of carbonyl (C=O) groups excluding carboxylic acids is 2. The summed E-state index contributed by atoms with van der Waals surface area (Å²) in [7, 11) is 0. The third-order valence-corrected chi connectivity index (χ3v) is 3.22. The average Bonchev–Trinajstić information content (AvgIpc) is 2.67. The number of hydrogen-bond donors (Lipinski definition) is 0. The van der Waals surface area contributed by atoms with Gasteiger partial charge in [-0.2, -0.15) is 0 Å². The Balaban J connectivity index is 0.000000140. The van der Waals surface area contributed by atoms with Gasteiger partial charge in [0.05, 0.1) is 0 Å². The van der Waals surface area contributed by atoms with E-state index in [0.717, 1.165) is 38.5 Å². The van der Waals surface area contributed by atoms with Gasteiger partial charge in [0.15, 0.2) is 0 Å². The first-order valence-corrected chi connectivity index (χ1v) is 5.66. The van der Waals surface area contributed by atoms with Gasteiger partial charge < -0.3 is 0 Å². The Bertz CT molecular complexity index is 196. The smallest absolute Gasteiger partial charge is 0.135 e. The highest BCUT2D eigenvalue weighted by Crippen LogP contribution is 2.19. The molecule has 2 fully saturated rings. The normalized spacial score (nSPS) is 31.6. The minimum absolute atomic E-state index is 0.375. The Hall–Kier alpha value is -0.660. The van der Waals surface area contributed by atoms with E-state index in [9.17, 15) is 9.59 Å². The lowest BCUT2D eigenvalue weighted by Crippen LogP contribution is -1.98. The van der Waals surface area contributed by atoms with Crippen molar-refractivity contribution in [3.63, 3.8) is 0 Å². The summed E-state index contributed by atoms with van der Waals surface area (Å²) in [6, 6.07) is 0. The van der Waals surface area contributed by atoms with E-state index in [2.05, 4.69) is 0 Å². The highest BCUT2D eigenvalue weighted by molar-refractivity contribution is 5.82. The standard InChI is InChI=1S/2C6H10O/c2*1-5-3-2-4-6(5)7/h2*5H,2-4H2,1H3. The van der Waals surface area contributed by atoms with Crippen LogP contribution in [-0.4, -0.2) is 11.6 Å². The van der Waals surface area contributed by atoms with Crippen LogP contribution in [0, 0.1) is 11.8 Å². The Kier molecular flexibility index (Phi) is 4.30. The largest absolute Gasteiger partial charge is 0.299 e. The average molecular weight is 196 g/mol. The van der Waals surface area contributed by atoms with Gasteiger partial charge in [-0.1, -0.05) is 13.8 Å². The number of Topliss-reactive ketones (excluding diaryl/α,β-unsaturated/α-hetero) is 2. The lowest BCUT2D eigenvalue weighted by atomic mass is 10.1. The zero-order chi connectivity index (χ0) is 10.6. The number of carbonyl (C=O) groups is 2. The number of ketones is 2. The number of rotatable bonds is 0. The van der Waals surface area contributed by atoms with Crippen molar-refractivity contribution in [1.82, 2.24) is 0 Å². The summed E-state index contributed by atoms with van der Waals surface area (Å²) < 4.78 is 0. The van der Waals surface area contributed by atoms with Crippen LogP contribution in [0.5, 0.6) is 0 Å². The molecule has 2 saturated carbocycles. The molecule has 0 saturated heterocycles. The molecule has 2 unspecified atom stereocenters. The van der Waals surface area contributed by atoms with Crippen molar-refractivity contribution in [3.05, 3.63) is 0 Å². The molecule has 80 valence electrons. The highest BCUT2D eigenvalue weighted by Gasteiger charge is 2.18. The molecule has 0 amide bonds. The van der Waals surface area contributed by atoms with Gasteiger partial charge in [-0.25, -0.2) is 0 Å². The van der Waals surface area contributed by atoms with E-state index in [1.165, 1.54) is 0 Å². The summed E-state index contributed by atoms with van der Waals surface area (Å²) in [5.74, 6) is 1.67. The van der Waals surface area contributed by atoms with Crippen molar-refractivity contribution >= 4 is 11.6 Å². The van der Waals surface area contributed by atoms with Crippen LogP contribution in [0.1, 0.15) is 52.4 Å². The zero-order valence-corrected chi connectivity index (χ0v) is 9.21. The SMILES string of the molecule is CC1CCCC1=O.CC1CCCC1=O. The maximum atomic E-state index is 10.6. The molecule has 2 aliphatic rings. The Labute approximate surface area is 86.1 Å². The predicted molar refractivity (Wildman–Crippen MR) is 56.0 cm³/mol. The first-order chi connectivity index (χ1) is 6.61. The minimum atomic E-state index is 0.375. The molecule has 0 aromatic rings. The molecule has 0 aromatic carbocycles. The molecule has 0 aromatic heterocycles. The summed E-state index contributed by atoms with van der Waals surface area (Å²) in [6.45, 7) is 4.02. The van der Waals surface area contributed by atoms with Crippen LogP contribution >= 0.6 is 0 Å². The second kappa shape index (κ2) is 5.28. The molecule has 14 heavy (non-hydrogen) atoms. The van der Waals surface area contributed by atoms with E-state index in [-0.39, 0.29) is 0 Å². The fourth-order valence-corrected chi connectivity index (χ4v) is 1.98. The molecular formula is C12H20O2. The summed E-state index contributed by atoms with van der Waals surface area (Å²) >= 11 is 0. The molecule has 2 aliphatic carbocycles. The summed E-state index contributed by atoms with van der Waals surface area (Å²) in [4.78, 5) is 21.1. The van der Waals surface area contributed by atoms with Crippen molar-refractivity contribution in [2.45, 2.75) is 52.4 Å². The van der Waals surface area contributed by atoms with Crippen molar-refractivity contribution in [1.29, 1.82) is 0 Å². The lowest BCUT2D eigenvalue weighted by molar-refractivity contribution is -0.120. The van der Waals surface area contributed by atoms with E-state index in [1.807, 2.05) is 13.8 Å². The second-order valence-corrected chi connectivity index (χ2v) is 4.52. The van der Waals surface area contributed by atoms with Crippen LogP contribution < -0.4 is 0 Å². The molecule has 0 spiro atoms. The van der Waals surface area contributed by atoms with E-state index < -0.39 is 0 Å². The third-order valence-electron chi connectivity index (χ3n) is 3.22. The molecule has 0 heterocycles. The van der Waals surface area contributed by atoms with E-state index in [0.29, 0.717) is 23.4 Å². The van der Waals surface area contributed by atoms with Gasteiger partial charge in [0.25, 0.3) is 0 Å². The van der Waals surface area contributed by atoms with E-state index >= 15 is 0 Å². The predicted octanol–water partition coefficient (Wildman–Crippen LogP) is 2.75. The van der Waals surface area contributed by atoms with Gasteiger partial charge >= 0.3 is 0 Å². The topological polar surface area (TPSA) is 34.1 Å². The molecular weight excluding hydrogens is 176 g/mol. The van der Waals surface area contributed by atoms with Gasteiger partial charge in [-0.15, -0.1) is 0 Å². The molecule has 2 atom stereocenters. The molecule has 2 nitrogen and oxygen atoms in total. The van der Waals surface area contributed by atoms with Crippen LogP contribution in [0.2, 0.25) is 0 Å². The van der Waals surface area contributed by atoms with E-state index in [1.54, 1.807) is 0 Å². The zero-order valence-electron chi connectivity index (χ0n) is 9.21. The highest BCUT2D eigenvalue weighted by atomic mass is 16.1. The van der Waals surface area contributed by atoms with Crippen LogP contribution in [0.3, 0.4) is 0 Å². The molecule has 2 rings (SSSR count). The fourth-order valence-electron chi connectivity index (χ4n) is 1.98. The second-order valence-electron chi connectivity index (χ2n) is 4.52. The van der Waals surface area contributed by atoms with Crippen molar-refractivity contribution in [2.75, 3.05) is 0 Å². The van der Waals surface area contributed by atoms with Crippen LogP contribution in [-0.2, 0) is 9.59 Å². The molecule has 0 bridgehead atoms. The summed E-state index contributed by atoms with van der Waals surface area (Å²) in [5, 5.41) is 0. The van der Waals surface area contributed by atoms with Gasteiger partial charge in [0.1, 0.15) is 11.6 Å². The fraction of sp³-hybridized carbons (Fsp3) is 0.833.